The molecule has 0 radical (unpaired) electrons. The predicted octanol–water partition coefficient (Wildman–Crippen LogP) is 1.85. The van der Waals surface area contributed by atoms with Gasteiger partial charge in [0.25, 0.3) is 5.91 Å². The molecule has 2 heterocycles. The van der Waals surface area contributed by atoms with Crippen LogP contribution in [0.4, 0.5) is 5.69 Å². The van der Waals surface area contributed by atoms with Crippen LogP contribution in [-0.4, -0.2) is 39.0 Å². The van der Waals surface area contributed by atoms with Crippen molar-refractivity contribution in [3.8, 4) is 11.4 Å². The summed E-state index contributed by atoms with van der Waals surface area (Å²) >= 11 is 0. The number of hydrogen-bond donors (Lipinski definition) is 1. The number of carbonyl (C=O) groups is 1. The molecule has 0 saturated carbocycles. The summed E-state index contributed by atoms with van der Waals surface area (Å²) in [7, 11) is 3.45. The normalized spacial score (nSPS) is 10.8. The highest BCUT2D eigenvalue weighted by atomic mass is 16.5. The van der Waals surface area contributed by atoms with E-state index in [1.165, 1.54) is 6.07 Å². The van der Waals surface area contributed by atoms with Gasteiger partial charge in [0.2, 0.25) is 0 Å². The van der Waals surface area contributed by atoms with Crippen molar-refractivity contribution in [1.29, 1.82) is 0 Å². The molecule has 1 aromatic carbocycles. The minimum Gasteiger partial charge on any atom is -0.383 e. The summed E-state index contributed by atoms with van der Waals surface area (Å²) in [4.78, 5) is 24.9. The lowest BCUT2D eigenvalue weighted by Crippen LogP contribution is -2.24. The van der Waals surface area contributed by atoms with Gasteiger partial charge in [-0.1, -0.05) is 12.1 Å². The Morgan fingerprint density at radius 2 is 2.11 bits per heavy atom. The Balaban J connectivity index is 1.86. The summed E-state index contributed by atoms with van der Waals surface area (Å²) < 4.78 is 8.69. The van der Waals surface area contributed by atoms with Gasteiger partial charge in [-0.2, -0.15) is 0 Å². The van der Waals surface area contributed by atoms with Gasteiger partial charge in [-0.25, -0.2) is 0 Å². The van der Waals surface area contributed by atoms with E-state index in [0.717, 1.165) is 11.3 Å². The number of hydrogen-bond acceptors (Lipinski definition) is 5. The second kappa shape index (κ2) is 7.96. The number of aryl methyl sites for hydroxylation is 2. The molecule has 8 heteroatoms. The molecule has 140 valence electrons. The van der Waals surface area contributed by atoms with Gasteiger partial charge < -0.3 is 19.2 Å². The number of amides is 1. The van der Waals surface area contributed by atoms with Crippen molar-refractivity contribution in [1.82, 2.24) is 19.3 Å². The number of rotatable bonds is 6. The Morgan fingerprint density at radius 3 is 2.81 bits per heavy atom. The molecule has 0 unspecified atom stereocenters. The maximum absolute atomic E-state index is 12.6. The van der Waals surface area contributed by atoms with E-state index < -0.39 is 5.91 Å². The monoisotopic (exact) mass is 367 g/mol. The molecular weight excluding hydrogens is 346 g/mol. The van der Waals surface area contributed by atoms with Crippen LogP contribution in [0.15, 0.2) is 47.7 Å². The van der Waals surface area contributed by atoms with E-state index in [9.17, 15) is 9.59 Å². The van der Waals surface area contributed by atoms with Crippen LogP contribution in [0.1, 0.15) is 16.1 Å². The van der Waals surface area contributed by atoms with Gasteiger partial charge >= 0.3 is 0 Å². The minimum absolute atomic E-state index is 0.0840. The zero-order valence-corrected chi connectivity index (χ0v) is 15.5. The van der Waals surface area contributed by atoms with E-state index >= 15 is 0 Å². The zero-order chi connectivity index (χ0) is 19.4. The standard InChI is InChI=1S/C19H21N5O3/c1-13-9-17(25)16(11-24(13)7-8-27-3)19(26)21-15-6-4-5-14(10-15)18-22-20-12-23(18)2/h4-6,9-12H,7-8H2,1-3H3,(H,21,26). The number of nitrogens with one attached hydrogen (secondary N) is 1. The van der Waals surface area contributed by atoms with E-state index in [0.29, 0.717) is 24.7 Å². The highest BCUT2D eigenvalue weighted by molar-refractivity contribution is 6.04. The van der Waals surface area contributed by atoms with E-state index in [1.54, 1.807) is 36.3 Å². The lowest BCUT2D eigenvalue weighted by molar-refractivity contribution is 0.102. The quantitative estimate of drug-likeness (QED) is 0.718. The lowest BCUT2D eigenvalue weighted by atomic mass is 10.1. The van der Waals surface area contributed by atoms with Gasteiger partial charge in [0.1, 0.15) is 11.9 Å². The molecule has 0 bridgehead atoms. The van der Waals surface area contributed by atoms with E-state index in [4.69, 9.17) is 4.74 Å². The molecule has 27 heavy (non-hydrogen) atoms. The molecule has 1 N–H and O–H groups in total. The number of benzene rings is 1. The van der Waals surface area contributed by atoms with E-state index in [2.05, 4.69) is 15.5 Å². The molecular formula is C19H21N5O3. The Hall–Kier alpha value is -3.26. The van der Waals surface area contributed by atoms with Crippen molar-refractivity contribution in [2.75, 3.05) is 19.0 Å². The van der Waals surface area contributed by atoms with Crippen LogP contribution in [0.2, 0.25) is 0 Å². The molecule has 0 fully saturated rings. The van der Waals surface area contributed by atoms with Crippen molar-refractivity contribution in [3.63, 3.8) is 0 Å². The number of methoxy groups -OCH3 is 1. The van der Waals surface area contributed by atoms with Crippen molar-refractivity contribution < 1.29 is 9.53 Å². The molecule has 3 rings (SSSR count). The van der Waals surface area contributed by atoms with E-state index in [1.807, 2.05) is 30.7 Å². The van der Waals surface area contributed by atoms with Crippen LogP contribution in [-0.2, 0) is 18.3 Å². The SMILES string of the molecule is COCCn1cc(C(=O)Nc2cccc(-c3nncn3C)c2)c(=O)cc1C. The van der Waals surface area contributed by atoms with Crippen molar-refractivity contribution in [3.05, 3.63) is 64.3 Å². The Labute approximate surface area is 156 Å². The Morgan fingerprint density at radius 1 is 1.30 bits per heavy atom. The topological polar surface area (TPSA) is 91.0 Å². The smallest absolute Gasteiger partial charge is 0.261 e. The average Bonchev–Trinajstić information content (AvgIpc) is 3.07. The lowest BCUT2D eigenvalue weighted by Gasteiger charge is -2.12. The molecule has 3 aromatic rings. The van der Waals surface area contributed by atoms with Crippen molar-refractivity contribution in [2.24, 2.45) is 7.05 Å². The molecule has 0 spiro atoms. The van der Waals surface area contributed by atoms with Crippen molar-refractivity contribution in [2.45, 2.75) is 13.5 Å². The molecule has 1 amide bonds. The van der Waals surface area contributed by atoms with Crippen molar-refractivity contribution >= 4 is 11.6 Å². The largest absolute Gasteiger partial charge is 0.383 e. The molecule has 2 aromatic heterocycles. The van der Waals surface area contributed by atoms with Crippen LogP contribution in [0.3, 0.4) is 0 Å². The summed E-state index contributed by atoms with van der Waals surface area (Å²) in [5.41, 5.74) is 1.93. The third-order valence-electron chi connectivity index (χ3n) is 4.21. The fourth-order valence-corrected chi connectivity index (χ4v) is 2.75. The summed E-state index contributed by atoms with van der Waals surface area (Å²) in [6.45, 7) is 2.87. The van der Waals surface area contributed by atoms with Gasteiger partial charge in [0.15, 0.2) is 11.3 Å². The first-order chi connectivity index (χ1) is 13.0. The number of carbonyl (C=O) groups excluding carboxylic acids is 1. The minimum atomic E-state index is -0.457. The summed E-state index contributed by atoms with van der Waals surface area (Å²) in [5, 5.41) is 10.7. The van der Waals surface area contributed by atoms with Crippen LogP contribution in [0, 0.1) is 6.92 Å². The fourth-order valence-electron chi connectivity index (χ4n) is 2.75. The van der Waals surface area contributed by atoms with Gasteiger partial charge in [-0.15, -0.1) is 10.2 Å². The number of pyridine rings is 1. The van der Waals surface area contributed by atoms with Gasteiger partial charge in [0, 0.05) is 49.9 Å². The zero-order valence-electron chi connectivity index (χ0n) is 15.5. The molecule has 0 atom stereocenters. The van der Waals surface area contributed by atoms with Crippen LogP contribution >= 0.6 is 0 Å². The van der Waals surface area contributed by atoms with Gasteiger partial charge in [-0.05, 0) is 19.1 Å². The number of nitrogens with zero attached hydrogens (tertiary/aromatic N) is 4. The summed E-state index contributed by atoms with van der Waals surface area (Å²) in [6, 6.07) is 8.70. The van der Waals surface area contributed by atoms with E-state index in [-0.39, 0.29) is 11.0 Å². The fraction of sp³-hybridized carbons (Fsp3) is 0.263. The first-order valence-electron chi connectivity index (χ1n) is 8.45. The third kappa shape index (κ3) is 4.12. The summed E-state index contributed by atoms with van der Waals surface area (Å²) in [6.07, 6.45) is 3.17. The Bertz CT molecular complexity index is 1020. The second-order valence-corrected chi connectivity index (χ2v) is 6.18. The number of ether oxygens (including phenoxy) is 1. The third-order valence-corrected chi connectivity index (χ3v) is 4.21. The maximum atomic E-state index is 12.6. The van der Waals surface area contributed by atoms with Crippen LogP contribution in [0.5, 0.6) is 0 Å². The molecule has 0 aliphatic carbocycles. The highest BCUT2D eigenvalue weighted by Crippen LogP contribution is 2.20. The second-order valence-electron chi connectivity index (χ2n) is 6.18. The van der Waals surface area contributed by atoms with Crippen LogP contribution < -0.4 is 10.7 Å². The first-order valence-corrected chi connectivity index (χ1v) is 8.45. The van der Waals surface area contributed by atoms with Gasteiger partial charge in [0.05, 0.1) is 6.61 Å². The van der Waals surface area contributed by atoms with Gasteiger partial charge in [-0.3, -0.25) is 9.59 Å². The maximum Gasteiger partial charge on any atom is 0.261 e. The number of anilines is 1. The average molecular weight is 367 g/mol. The molecule has 0 saturated heterocycles. The highest BCUT2D eigenvalue weighted by Gasteiger charge is 2.14. The Kier molecular flexibility index (Phi) is 5.46. The number of aromatic nitrogens is 4. The molecule has 8 nitrogen and oxygen atoms in total. The molecule has 0 aliphatic rings. The first kappa shape index (κ1) is 18.5. The van der Waals surface area contributed by atoms with Crippen LogP contribution in [0.25, 0.3) is 11.4 Å². The molecule has 0 aliphatic heterocycles. The predicted molar refractivity (Wildman–Crippen MR) is 102 cm³/mol. The summed E-state index contributed by atoms with van der Waals surface area (Å²) in [5.74, 6) is 0.227.